The first-order valence-corrected chi connectivity index (χ1v) is 6.66. The normalized spacial score (nSPS) is 10.3. The first kappa shape index (κ1) is 18.2. The lowest BCUT2D eigenvalue weighted by Crippen LogP contribution is -2.40. The number of rotatable bonds is 7. The number of nitro benzene ring substituents is 1. The fourth-order valence-corrected chi connectivity index (χ4v) is 2.00. The molecular formula is C14H18N2O7. The number of amides is 1. The van der Waals surface area contributed by atoms with Gasteiger partial charge in [-0.05, 0) is 19.9 Å². The van der Waals surface area contributed by atoms with E-state index in [4.69, 9.17) is 14.6 Å². The van der Waals surface area contributed by atoms with E-state index in [1.54, 1.807) is 13.8 Å². The molecule has 0 heterocycles. The average Bonchev–Trinajstić information content (AvgIpc) is 2.49. The van der Waals surface area contributed by atoms with Gasteiger partial charge in [0.2, 0.25) is 5.75 Å². The van der Waals surface area contributed by atoms with Gasteiger partial charge >= 0.3 is 11.7 Å². The standard InChI is InChI=1S/C14H18N2O7/c1-8(2)15(7-12(17)18)14(19)9-5-10(16(20)21)13(23-4)11(6-9)22-3/h5-6,8H,7H2,1-4H3,(H,17,18). The molecule has 9 heteroatoms. The summed E-state index contributed by atoms with van der Waals surface area (Å²) in [6, 6.07) is 1.93. The molecule has 1 N–H and O–H groups in total. The molecule has 1 rings (SSSR count). The highest BCUT2D eigenvalue weighted by Gasteiger charge is 2.27. The number of carbonyl (C=O) groups is 2. The van der Waals surface area contributed by atoms with Crippen LogP contribution in [0.15, 0.2) is 12.1 Å². The van der Waals surface area contributed by atoms with E-state index in [2.05, 4.69) is 0 Å². The number of benzene rings is 1. The molecule has 9 nitrogen and oxygen atoms in total. The highest BCUT2D eigenvalue weighted by Crippen LogP contribution is 2.38. The third-order valence-electron chi connectivity index (χ3n) is 3.09. The van der Waals surface area contributed by atoms with Crippen LogP contribution in [0.3, 0.4) is 0 Å². The molecule has 23 heavy (non-hydrogen) atoms. The van der Waals surface area contributed by atoms with Crippen LogP contribution in [0.1, 0.15) is 24.2 Å². The summed E-state index contributed by atoms with van der Waals surface area (Å²) in [5.41, 5.74) is -0.487. The first-order valence-electron chi connectivity index (χ1n) is 6.66. The Morgan fingerprint density at radius 1 is 1.30 bits per heavy atom. The fraction of sp³-hybridized carbons (Fsp3) is 0.429. The third kappa shape index (κ3) is 4.09. The summed E-state index contributed by atoms with van der Waals surface area (Å²) in [6.07, 6.45) is 0. The van der Waals surface area contributed by atoms with E-state index in [-0.39, 0.29) is 17.1 Å². The minimum Gasteiger partial charge on any atom is -0.493 e. The largest absolute Gasteiger partial charge is 0.493 e. The lowest BCUT2D eigenvalue weighted by Gasteiger charge is -2.25. The minimum absolute atomic E-state index is 0.0177. The second kappa shape index (κ2) is 7.43. The third-order valence-corrected chi connectivity index (χ3v) is 3.09. The number of aliphatic carboxylic acids is 1. The first-order chi connectivity index (χ1) is 10.7. The van der Waals surface area contributed by atoms with Gasteiger partial charge < -0.3 is 19.5 Å². The molecule has 1 amide bonds. The molecule has 1 aromatic carbocycles. The van der Waals surface area contributed by atoms with Gasteiger partial charge in [0.1, 0.15) is 6.54 Å². The predicted molar refractivity (Wildman–Crippen MR) is 80.0 cm³/mol. The van der Waals surface area contributed by atoms with Crippen molar-refractivity contribution in [3.63, 3.8) is 0 Å². The van der Waals surface area contributed by atoms with Crippen LogP contribution in [0.5, 0.6) is 11.5 Å². The van der Waals surface area contributed by atoms with Gasteiger partial charge in [-0.15, -0.1) is 0 Å². The molecule has 0 unspecified atom stereocenters. The summed E-state index contributed by atoms with van der Waals surface area (Å²) in [5.74, 6) is -1.92. The van der Waals surface area contributed by atoms with Crippen LogP contribution in [0.25, 0.3) is 0 Å². The van der Waals surface area contributed by atoms with Crippen LogP contribution in [0.4, 0.5) is 5.69 Å². The molecule has 0 bridgehead atoms. The summed E-state index contributed by atoms with van der Waals surface area (Å²) < 4.78 is 9.97. The van der Waals surface area contributed by atoms with E-state index in [0.717, 1.165) is 11.0 Å². The van der Waals surface area contributed by atoms with Crippen LogP contribution in [-0.4, -0.2) is 53.6 Å². The number of carboxylic acid groups (broad SMARTS) is 1. The quantitative estimate of drug-likeness (QED) is 0.596. The number of carboxylic acids is 1. The number of nitro groups is 1. The maximum atomic E-state index is 12.5. The molecule has 0 atom stereocenters. The number of nitrogens with zero attached hydrogens (tertiary/aromatic N) is 2. The maximum Gasteiger partial charge on any atom is 0.323 e. The van der Waals surface area contributed by atoms with Crippen molar-refractivity contribution in [3.8, 4) is 11.5 Å². The van der Waals surface area contributed by atoms with Crippen molar-refractivity contribution in [3.05, 3.63) is 27.8 Å². The van der Waals surface area contributed by atoms with Gasteiger partial charge in [0, 0.05) is 12.1 Å². The second-order valence-electron chi connectivity index (χ2n) is 4.91. The zero-order valence-electron chi connectivity index (χ0n) is 13.2. The number of methoxy groups -OCH3 is 2. The summed E-state index contributed by atoms with van der Waals surface area (Å²) in [5, 5.41) is 20.1. The molecule has 0 spiro atoms. The second-order valence-corrected chi connectivity index (χ2v) is 4.91. The highest BCUT2D eigenvalue weighted by atomic mass is 16.6. The molecule has 0 radical (unpaired) electrons. The lowest BCUT2D eigenvalue weighted by atomic mass is 10.1. The Morgan fingerprint density at radius 3 is 2.30 bits per heavy atom. The molecule has 0 fully saturated rings. The zero-order chi connectivity index (χ0) is 17.7. The average molecular weight is 326 g/mol. The molecule has 1 aromatic rings. The Kier molecular flexibility index (Phi) is 5.88. The van der Waals surface area contributed by atoms with Crippen molar-refractivity contribution in [2.24, 2.45) is 0 Å². The Labute approximate surface area is 132 Å². The van der Waals surface area contributed by atoms with Gasteiger partial charge in [0.25, 0.3) is 5.91 Å². The van der Waals surface area contributed by atoms with Crippen LogP contribution < -0.4 is 9.47 Å². The van der Waals surface area contributed by atoms with Crippen molar-refractivity contribution in [1.29, 1.82) is 0 Å². The molecule has 0 aliphatic heterocycles. The van der Waals surface area contributed by atoms with Crippen LogP contribution in [-0.2, 0) is 4.79 Å². The molecular weight excluding hydrogens is 308 g/mol. The van der Waals surface area contributed by atoms with Crippen molar-refractivity contribution < 1.29 is 29.1 Å². The number of hydrogen-bond acceptors (Lipinski definition) is 6. The smallest absolute Gasteiger partial charge is 0.323 e. The van der Waals surface area contributed by atoms with Gasteiger partial charge in [-0.25, -0.2) is 0 Å². The monoisotopic (exact) mass is 326 g/mol. The van der Waals surface area contributed by atoms with Crippen molar-refractivity contribution in [2.45, 2.75) is 19.9 Å². The van der Waals surface area contributed by atoms with E-state index in [1.165, 1.54) is 20.3 Å². The SMILES string of the molecule is COc1cc(C(=O)N(CC(=O)O)C(C)C)cc([N+](=O)[O-])c1OC. The topological polar surface area (TPSA) is 119 Å². The Bertz CT molecular complexity index is 628. The van der Waals surface area contributed by atoms with Crippen molar-refractivity contribution >= 4 is 17.6 Å². The maximum absolute atomic E-state index is 12.5. The number of ether oxygens (including phenoxy) is 2. The summed E-state index contributed by atoms with van der Waals surface area (Å²) in [7, 11) is 2.53. The minimum atomic E-state index is -1.18. The van der Waals surface area contributed by atoms with Gasteiger partial charge in [-0.2, -0.15) is 0 Å². The van der Waals surface area contributed by atoms with Crippen molar-refractivity contribution in [2.75, 3.05) is 20.8 Å². The Hall–Kier alpha value is -2.84. The molecule has 0 aromatic heterocycles. The zero-order valence-corrected chi connectivity index (χ0v) is 13.2. The number of hydrogen-bond donors (Lipinski definition) is 1. The molecule has 126 valence electrons. The van der Waals surface area contributed by atoms with E-state index >= 15 is 0 Å². The molecule has 0 saturated carbocycles. The predicted octanol–water partition coefficient (Wildman–Crippen LogP) is 1.55. The van der Waals surface area contributed by atoms with Crippen LogP contribution >= 0.6 is 0 Å². The van der Waals surface area contributed by atoms with Crippen molar-refractivity contribution in [1.82, 2.24) is 4.90 Å². The fourth-order valence-electron chi connectivity index (χ4n) is 2.00. The van der Waals surface area contributed by atoms with Gasteiger partial charge in [-0.1, -0.05) is 0 Å². The molecule has 0 aliphatic carbocycles. The van der Waals surface area contributed by atoms with Gasteiger partial charge in [-0.3, -0.25) is 19.7 Å². The molecule has 0 aliphatic rings. The number of carbonyl (C=O) groups excluding carboxylic acids is 1. The Balaban J connectivity index is 3.41. The van der Waals surface area contributed by atoms with Gasteiger partial charge in [0.15, 0.2) is 5.75 Å². The lowest BCUT2D eigenvalue weighted by molar-refractivity contribution is -0.385. The summed E-state index contributed by atoms with van der Waals surface area (Å²) >= 11 is 0. The van der Waals surface area contributed by atoms with E-state index in [0.29, 0.717) is 0 Å². The van der Waals surface area contributed by atoms with Crippen LogP contribution in [0, 0.1) is 10.1 Å². The molecule has 0 saturated heterocycles. The van der Waals surface area contributed by atoms with Gasteiger partial charge in [0.05, 0.1) is 24.7 Å². The van der Waals surface area contributed by atoms with E-state index < -0.39 is 35.1 Å². The Morgan fingerprint density at radius 2 is 1.91 bits per heavy atom. The highest BCUT2D eigenvalue weighted by molar-refractivity contribution is 5.97. The van der Waals surface area contributed by atoms with E-state index in [1.807, 2.05) is 0 Å². The van der Waals surface area contributed by atoms with Crippen LogP contribution in [0.2, 0.25) is 0 Å². The van der Waals surface area contributed by atoms with E-state index in [9.17, 15) is 19.7 Å². The summed E-state index contributed by atoms with van der Waals surface area (Å²) in [6.45, 7) is 2.78. The summed E-state index contributed by atoms with van der Waals surface area (Å²) in [4.78, 5) is 35.0.